The van der Waals surface area contributed by atoms with Gasteiger partial charge < -0.3 is 9.84 Å². The smallest absolute Gasteiger partial charge is 0.139 e. The molecule has 1 unspecified atom stereocenters. The van der Waals surface area contributed by atoms with E-state index in [-0.39, 0.29) is 0 Å². The number of aliphatic hydroxyl groups is 1. The lowest BCUT2D eigenvalue weighted by molar-refractivity contribution is 0.213. The predicted octanol–water partition coefficient (Wildman–Crippen LogP) is 5.12. The van der Waals surface area contributed by atoms with Crippen molar-refractivity contribution in [1.29, 1.82) is 0 Å². The molecule has 0 saturated carbocycles. The maximum absolute atomic E-state index is 10.8. The van der Waals surface area contributed by atoms with Crippen LogP contribution < -0.4 is 4.74 Å². The Hall–Kier alpha value is -1.03. The molecule has 112 valence electrons. The second-order valence-corrected chi connectivity index (χ2v) is 6.52. The minimum Gasteiger partial charge on any atom is -0.495 e. The molecule has 0 radical (unpaired) electrons. The number of hydrogen-bond acceptors (Lipinski definition) is 2. The van der Waals surface area contributed by atoms with E-state index in [4.69, 9.17) is 16.3 Å². The molecule has 4 heteroatoms. The molecule has 0 fully saturated rings. The van der Waals surface area contributed by atoms with Crippen molar-refractivity contribution in [2.24, 2.45) is 0 Å². The van der Waals surface area contributed by atoms with E-state index in [9.17, 15) is 5.11 Å². The number of hydrogen-bond donors (Lipinski definition) is 1. The summed E-state index contributed by atoms with van der Waals surface area (Å²) in [7, 11) is 1.58. The second-order valence-electron chi connectivity index (χ2n) is 5.23. The van der Waals surface area contributed by atoms with Gasteiger partial charge in [-0.1, -0.05) is 29.3 Å². The molecule has 2 aromatic carbocycles. The molecule has 21 heavy (non-hydrogen) atoms. The Morgan fingerprint density at radius 3 is 2.19 bits per heavy atom. The van der Waals surface area contributed by atoms with Crippen molar-refractivity contribution in [2.75, 3.05) is 7.11 Å². The molecule has 0 amide bonds. The highest BCUT2D eigenvalue weighted by Gasteiger charge is 2.21. The van der Waals surface area contributed by atoms with Gasteiger partial charge in [-0.05, 0) is 65.5 Å². The monoisotopic (exact) mass is 368 g/mol. The SMILES string of the molecule is COc1c(Br)cc(Cl)cc1C(O)c1c(C)cc(C)cc1C. The van der Waals surface area contributed by atoms with Crippen molar-refractivity contribution >= 4 is 27.5 Å². The summed E-state index contributed by atoms with van der Waals surface area (Å²) in [6, 6.07) is 7.63. The highest BCUT2D eigenvalue weighted by atomic mass is 79.9. The number of methoxy groups -OCH3 is 1. The third kappa shape index (κ3) is 3.25. The summed E-state index contributed by atoms with van der Waals surface area (Å²) in [6.45, 7) is 6.06. The van der Waals surface area contributed by atoms with E-state index in [0.29, 0.717) is 16.3 Å². The first kappa shape index (κ1) is 16.3. The van der Waals surface area contributed by atoms with Gasteiger partial charge in [0.1, 0.15) is 11.9 Å². The van der Waals surface area contributed by atoms with E-state index in [1.165, 1.54) is 5.56 Å². The van der Waals surface area contributed by atoms with Crippen LogP contribution in [0.4, 0.5) is 0 Å². The summed E-state index contributed by atoms with van der Waals surface area (Å²) in [4.78, 5) is 0. The molecule has 0 aliphatic carbocycles. The van der Waals surface area contributed by atoms with Crippen LogP contribution in [0.3, 0.4) is 0 Å². The zero-order valence-electron chi connectivity index (χ0n) is 12.5. The highest BCUT2D eigenvalue weighted by molar-refractivity contribution is 9.10. The van der Waals surface area contributed by atoms with Crippen molar-refractivity contribution in [2.45, 2.75) is 26.9 Å². The Bertz CT molecular complexity index is 660. The Kier molecular flexibility index (Phi) is 4.97. The molecule has 1 atom stereocenters. The van der Waals surface area contributed by atoms with Crippen LogP contribution in [-0.2, 0) is 0 Å². The van der Waals surface area contributed by atoms with E-state index in [1.54, 1.807) is 19.2 Å². The van der Waals surface area contributed by atoms with Gasteiger partial charge in [0.05, 0.1) is 11.6 Å². The standard InChI is InChI=1S/C17H18BrClO2/c1-9-5-10(2)15(11(3)6-9)16(20)13-7-12(19)8-14(18)17(13)21-4/h5-8,16,20H,1-4H3. The summed E-state index contributed by atoms with van der Waals surface area (Å²) in [5, 5.41) is 11.4. The van der Waals surface area contributed by atoms with E-state index in [1.807, 2.05) is 20.8 Å². The van der Waals surface area contributed by atoms with Gasteiger partial charge in [-0.3, -0.25) is 0 Å². The van der Waals surface area contributed by atoms with E-state index in [0.717, 1.165) is 21.2 Å². The zero-order valence-corrected chi connectivity index (χ0v) is 14.8. The zero-order chi connectivity index (χ0) is 15.7. The largest absolute Gasteiger partial charge is 0.495 e. The molecule has 0 saturated heterocycles. The van der Waals surface area contributed by atoms with Crippen molar-refractivity contribution in [3.63, 3.8) is 0 Å². The number of aliphatic hydroxyl groups excluding tert-OH is 1. The molecule has 0 spiro atoms. The lowest BCUT2D eigenvalue weighted by atomic mass is 9.91. The first-order valence-corrected chi connectivity index (χ1v) is 7.81. The van der Waals surface area contributed by atoms with Gasteiger partial charge >= 0.3 is 0 Å². The summed E-state index contributed by atoms with van der Waals surface area (Å²) in [6.07, 6.45) is -0.782. The maximum Gasteiger partial charge on any atom is 0.139 e. The van der Waals surface area contributed by atoms with Crippen LogP contribution >= 0.6 is 27.5 Å². The number of rotatable bonds is 3. The fourth-order valence-electron chi connectivity index (χ4n) is 2.78. The van der Waals surface area contributed by atoms with Gasteiger partial charge in [0.25, 0.3) is 0 Å². The highest BCUT2D eigenvalue weighted by Crippen LogP contribution is 2.39. The molecule has 2 nitrogen and oxygen atoms in total. The van der Waals surface area contributed by atoms with Crippen molar-refractivity contribution in [3.05, 3.63) is 61.6 Å². The van der Waals surface area contributed by atoms with Gasteiger partial charge in [-0.25, -0.2) is 0 Å². The van der Waals surface area contributed by atoms with Crippen LogP contribution in [0.2, 0.25) is 5.02 Å². The van der Waals surface area contributed by atoms with E-state index in [2.05, 4.69) is 28.1 Å². The van der Waals surface area contributed by atoms with Crippen LogP contribution in [0.25, 0.3) is 0 Å². The fourth-order valence-corrected chi connectivity index (χ4v) is 3.77. The summed E-state index contributed by atoms with van der Waals surface area (Å²) >= 11 is 9.55. The molecule has 0 aliphatic heterocycles. The first-order chi connectivity index (χ1) is 9.85. The van der Waals surface area contributed by atoms with Gasteiger partial charge in [0.2, 0.25) is 0 Å². The van der Waals surface area contributed by atoms with Gasteiger partial charge in [0, 0.05) is 10.6 Å². The number of aryl methyl sites for hydroxylation is 3. The molecule has 0 aliphatic rings. The lowest BCUT2D eigenvalue weighted by Gasteiger charge is -2.21. The minimum atomic E-state index is -0.782. The van der Waals surface area contributed by atoms with Gasteiger partial charge in [0.15, 0.2) is 0 Å². The molecule has 2 aromatic rings. The van der Waals surface area contributed by atoms with Crippen molar-refractivity contribution in [1.82, 2.24) is 0 Å². The van der Waals surface area contributed by atoms with Crippen molar-refractivity contribution < 1.29 is 9.84 Å². The molecule has 0 bridgehead atoms. The van der Waals surface area contributed by atoms with Crippen LogP contribution in [0.1, 0.15) is 33.9 Å². The minimum absolute atomic E-state index is 0.555. The summed E-state index contributed by atoms with van der Waals surface area (Å²) in [5.74, 6) is 0.603. The van der Waals surface area contributed by atoms with Crippen LogP contribution in [0.5, 0.6) is 5.75 Å². The van der Waals surface area contributed by atoms with E-state index >= 15 is 0 Å². The summed E-state index contributed by atoms with van der Waals surface area (Å²) < 4.78 is 6.14. The van der Waals surface area contributed by atoms with Crippen LogP contribution in [0, 0.1) is 20.8 Å². The molecular formula is C17H18BrClO2. The quantitative estimate of drug-likeness (QED) is 0.814. The topological polar surface area (TPSA) is 29.5 Å². The molecule has 2 rings (SSSR count). The van der Waals surface area contributed by atoms with Gasteiger partial charge in [-0.2, -0.15) is 0 Å². The van der Waals surface area contributed by atoms with Gasteiger partial charge in [-0.15, -0.1) is 0 Å². The number of ether oxygens (including phenoxy) is 1. The predicted molar refractivity (Wildman–Crippen MR) is 90.4 cm³/mol. The Labute approximate surface area is 138 Å². The maximum atomic E-state index is 10.8. The average molecular weight is 370 g/mol. The molecule has 0 heterocycles. The van der Waals surface area contributed by atoms with Crippen LogP contribution in [0.15, 0.2) is 28.7 Å². The third-order valence-electron chi connectivity index (χ3n) is 3.55. The second kappa shape index (κ2) is 6.39. The Morgan fingerprint density at radius 2 is 1.67 bits per heavy atom. The normalized spacial score (nSPS) is 12.3. The molecule has 1 N–H and O–H groups in total. The third-order valence-corrected chi connectivity index (χ3v) is 4.35. The lowest BCUT2D eigenvalue weighted by Crippen LogP contribution is -2.07. The number of halogens is 2. The Balaban J connectivity index is 2.63. The fraction of sp³-hybridized carbons (Fsp3) is 0.294. The van der Waals surface area contributed by atoms with Crippen LogP contribution in [-0.4, -0.2) is 12.2 Å². The van der Waals surface area contributed by atoms with Crippen molar-refractivity contribution in [3.8, 4) is 5.75 Å². The molecule has 0 aromatic heterocycles. The molecular weight excluding hydrogens is 352 g/mol. The number of benzene rings is 2. The Morgan fingerprint density at radius 1 is 1.10 bits per heavy atom. The first-order valence-electron chi connectivity index (χ1n) is 6.64. The average Bonchev–Trinajstić information content (AvgIpc) is 2.36. The van der Waals surface area contributed by atoms with E-state index < -0.39 is 6.10 Å². The summed E-state index contributed by atoms with van der Waals surface area (Å²) in [5.41, 5.74) is 4.84.